The Morgan fingerprint density at radius 2 is 1.26 bits per heavy atom. The Bertz CT molecular complexity index is 1220. The first kappa shape index (κ1) is 20.4. The van der Waals surface area contributed by atoms with Crippen LogP contribution in [0.1, 0.15) is 11.1 Å². The quantitative estimate of drug-likeness (QED) is 0.341. The number of hydrogen-bond acceptors (Lipinski definition) is 4. The minimum atomic E-state index is -1.46. The fraction of sp³-hybridized carbons (Fsp3) is 0.0385. The van der Waals surface area contributed by atoms with Crippen LogP contribution in [0.3, 0.4) is 0 Å². The first-order chi connectivity index (χ1) is 15.2. The molecule has 5 heteroatoms. The Balaban J connectivity index is 1.75. The SMILES string of the molecule is N#Cc1c(Oc2ccccc2)cc(Oc2ccccc2)cc1[S@@](=O)Cc1ccccc1. The summed E-state index contributed by atoms with van der Waals surface area (Å²) in [6.07, 6.45) is 0. The molecule has 0 amide bonds. The zero-order chi connectivity index (χ0) is 21.5. The Morgan fingerprint density at radius 3 is 1.84 bits per heavy atom. The first-order valence-corrected chi connectivity index (χ1v) is 11.0. The Hall–Kier alpha value is -3.88. The Kier molecular flexibility index (Phi) is 6.41. The molecule has 0 aromatic heterocycles. The van der Waals surface area contributed by atoms with Crippen LogP contribution in [0.25, 0.3) is 0 Å². The fourth-order valence-corrected chi connectivity index (χ4v) is 4.31. The molecule has 0 unspecified atom stereocenters. The second kappa shape index (κ2) is 9.75. The first-order valence-electron chi connectivity index (χ1n) is 9.69. The highest BCUT2D eigenvalue weighted by molar-refractivity contribution is 7.84. The summed E-state index contributed by atoms with van der Waals surface area (Å²) in [5, 5.41) is 9.87. The van der Waals surface area contributed by atoms with Crippen LogP contribution in [-0.2, 0) is 16.6 Å². The zero-order valence-corrected chi connectivity index (χ0v) is 17.4. The van der Waals surface area contributed by atoms with Crippen molar-refractivity contribution in [2.24, 2.45) is 0 Å². The molecule has 0 saturated carbocycles. The normalized spacial score (nSPS) is 11.3. The topological polar surface area (TPSA) is 59.3 Å². The van der Waals surface area contributed by atoms with Crippen LogP contribution in [0.5, 0.6) is 23.0 Å². The van der Waals surface area contributed by atoms with Crippen LogP contribution in [0.15, 0.2) is 108 Å². The smallest absolute Gasteiger partial charge is 0.150 e. The van der Waals surface area contributed by atoms with Crippen LogP contribution in [0, 0.1) is 11.3 Å². The van der Waals surface area contributed by atoms with Gasteiger partial charge in [0.1, 0.15) is 34.6 Å². The molecule has 1 atom stereocenters. The van der Waals surface area contributed by atoms with Crippen LogP contribution in [-0.4, -0.2) is 4.21 Å². The lowest BCUT2D eigenvalue weighted by atomic mass is 10.2. The molecule has 0 heterocycles. The lowest BCUT2D eigenvalue weighted by Gasteiger charge is -2.14. The van der Waals surface area contributed by atoms with E-state index in [-0.39, 0.29) is 11.3 Å². The summed E-state index contributed by atoms with van der Waals surface area (Å²) in [6.45, 7) is 0. The van der Waals surface area contributed by atoms with Gasteiger partial charge >= 0.3 is 0 Å². The van der Waals surface area contributed by atoms with E-state index in [1.165, 1.54) is 0 Å². The van der Waals surface area contributed by atoms with Crippen LogP contribution < -0.4 is 9.47 Å². The van der Waals surface area contributed by atoms with E-state index in [4.69, 9.17) is 9.47 Å². The van der Waals surface area contributed by atoms with Gasteiger partial charge in [-0.1, -0.05) is 66.7 Å². The summed E-state index contributed by atoms with van der Waals surface area (Å²) >= 11 is 0. The number of ether oxygens (including phenoxy) is 2. The van der Waals surface area contributed by atoms with E-state index in [9.17, 15) is 9.47 Å². The molecule has 31 heavy (non-hydrogen) atoms. The average molecular weight is 426 g/mol. The van der Waals surface area contributed by atoms with Crippen molar-refractivity contribution in [2.75, 3.05) is 0 Å². The van der Waals surface area contributed by atoms with Crippen molar-refractivity contribution in [3.05, 3.63) is 114 Å². The van der Waals surface area contributed by atoms with E-state index in [2.05, 4.69) is 6.07 Å². The highest BCUT2D eigenvalue weighted by atomic mass is 32.2. The van der Waals surface area contributed by atoms with Crippen LogP contribution in [0.4, 0.5) is 0 Å². The third-order valence-corrected chi connectivity index (χ3v) is 5.90. The van der Waals surface area contributed by atoms with Crippen molar-refractivity contribution < 1.29 is 13.7 Å². The average Bonchev–Trinajstić information content (AvgIpc) is 2.81. The van der Waals surface area contributed by atoms with Gasteiger partial charge in [0.05, 0.1) is 21.4 Å². The Labute approximate surface area is 183 Å². The highest BCUT2D eigenvalue weighted by Crippen LogP contribution is 2.36. The molecule has 0 radical (unpaired) electrons. The molecular weight excluding hydrogens is 406 g/mol. The maximum Gasteiger partial charge on any atom is 0.150 e. The molecule has 0 spiro atoms. The maximum atomic E-state index is 13.3. The van der Waals surface area contributed by atoms with Gasteiger partial charge in [-0.25, -0.2) is 0 Å². The minimum absolute atomic E-state index is 0.235. The van der Waals surface area contributed by atoms with Gasteiger partial charge in [-0.2, -0.15) is 5.26 Å². The highest BCUT2D eigenvalue weighted by Gasteiger charge is 2.19. The van der Waals surface area contributed by atoms with Gasteiger partial charge in [0, 0.05) is 6.07 Å². The van der Waals surface area contributed by atoms with Gasteiger partial charge in [-0.05, 0) is 35.9 Å². The third kappa shape index (κ3) is 5.19. The lowest BCUT2D eigenvalue weighted by Crippen LogP contribution is -2.02. The van der Waals surface area contributed by atoms with Crippen LogP contribution in [0.2, 0.25) is 0 Å². The van der Waals surface area contributed by atoms with E-state index in [1.807, 2.05) is 78.9 Å². The number of rotatable bonds is 7. The molecule has 152 valence electrons. The molecule has 0 bridgehead atoms. The standard InChI is InChI=1S/C26H19NO3S/c27-18-24-25(30-22-14-8-3-9-15-22)16-23(29-21-12-6-2-7-13-21)17-26(24)31(28)19-20-10-4-1-5-11-20/h1-17H,19H2/t31-/m0/s1. The van der Waals surface area contributed by atoms with Crippen molar-refractivity contribution in [2.45, 2.75) is 10.6 Å². The number of nitriles is 1. The molecule has 4 aromatic carbocycles. The third-order valence-electron chi connectivity index (χ3n) is 4.49. The molecule has 4 rings (SSSR count). The van der Waals surface area contributed by atoms with Gasteiger partial charge in [-0.15, -0.1) is 0 Å². The summed E-state index contributed by atoms with van der Waals surface area (Å²) < 4.78 is 25.2. The molecule has 0 aliphatic rings. The molecule has 0 aliphatic carbocycles. The summed E-state index contributed by atoms with van der Waals surface area (Å²) in [6, 6.07) is 33.5. The number of hydrogen-bond donors (Lipinski definition) is 0. The van der Waals surface area contributed by atoms with E-state index >= 15 is 0 Å². The number of benzene rings is 4. The van der Waals surface area contributed by atoms with E-state index < -0.39 is 10.8 Å². The van der Waals surface area contributed by atoms with Crippen molar-refractivity contribution in [1.82, 2.24) is 0 Å². The minimum Gasteiger partial charge on any atom is -0.457 e. The van der Waals surface area contributed by atoms with Gasteiger partial charge in [0.15, 0.2) is 0 Å². The van der Waals surface area contributed by atoms with Gasteiger partial charge in [0.2, 0.25) is 0 Å². The summed E-state index contributed by atoms with van der Waals surface area (Å²) in [7, 11) is -1.46. The van der Waals surface area contributed by atoms with Crippen molar-refractivity contribution in [3.8, 4) is 29.1 Å². The molecule has 0 fully saturated rings. The summed E-state index contributed by atoms with van der Waals surface area (Å²) in [5.41, 5.74) is 1.16. The van der Waals surface area contributed by atoms with Crippen molar-refractivity contribution in [1.29, 1.82) is 5.26 Å². The number of nitrogens with zero attached hydrogens (tertiary/aromatic N) is 1. The summed E-state index contributed by atoms with van der Waals surface area (Å²) in [5.74, 6) is 2.26. The van der Waals surface area contributed by atoms with Crippen molar-refractivity contribution >= 4 is 10.8 Å². The van der Waals surface area contributed by atoms with E-state index in [0.29, 0.717) is 27.9 Å². The van der Waals surface area contributed by atoms with E-state index in [1.54, 1.807) is 24.3 Å². The molecule has 0 N–H and O–H groups in total. The monoisotopic (exact) mass is 425 g/mol. The van der Waals surface area contributed by atoms with Crippen LogP contribution >= 0.6 is 0 Å². The second-order valence-electron chi connectivity index (χ2n) is 6.71. The maximum absolute atomic E-state index is 13.3. The summed E-state index contributed by atoms with van der Waals surface area (Å²) in [4.78, 5) is 0.380. The lowest BCUT2D eigenvalue weighted by molar-refractivity contribution is 0.456. The predicted octanol–water partition coefficient (Wildman–Crippen LogP) is 6.45. The van der Waals surface area contributed by atoms with E-state index in [0.717, 1.165) is 5.56 Å². The predicted molar refractivity (Wildman–Crippen MR) is 121 cm³/mol. The second-order valence-corrected chi connectivity index (χ2v) is 8.13. The fourth-order valence-electron chi connectivity index (χ4n) is 3.04. The van der Waals surface area contributed by atoms with Gasteiger partial charge < -0.3 is 9.47 Å². The van der Waals surface area contributed by atoms with Crippen molar-refractivity contribution in [3.63, 3.8) is 0 Å². The van der Waals surface area contributed by atoms with Gasteiger partial charge in [0.25, 0.3) is 0 Å². The molecule has 0 aliphatic heterocycles. The zero-order valence-electron chi connectivity index (χ0n) is 16.6. The molecule has 0 saturated heterocycles. The number of para-hydroxylation sites is 2. The molecular formula is C26H19NO3S. The molecule has 4 aromatic rings. The molecule has 4 nitrogen and oxygen atoms in total. The largest absolute Gasteiger partial charge is 0.457 e. The Morgan fingerprint density at radius 1 is 0.710 bits per heavy atom. The van der Waals surface area contributed by atoms with Gasteiger partial charge in [-0.3, -0.25) is 4.21 Å².